The zero-order valence-corrected chi connectivity index (χ0v) is 21.7. The topological polar surface area (TPSA) is 110 Å². The van der Waals surface area contributed by atoms with Crippen molar-refractivity contribution in [2.45, 2.75) is 39.3 Å². The van der Waals surface area contributed by atoms with Crippen LogP contribution in [0.25, 0.3) is 22.4 Å². The molecule has 0 saturated heterocycles. The highest BCUT2D eigenvalue weighted by molar-refractivity contribution is 6.03. The van der Waals surface area contributed by atoms with E-state index >= 15 is 0 Å². The highest BCUT2D eigenvalue weighted by atomic mass is 19.4. The monoisotopic (exact) mass is 546 g/mol. The van der Waals surface area contributed by atoms with Crippen LogP contribution in [0, 0.1) is 12.3 Å². The Kier molecular flexibility index (Phi) is 7.05. The molecule has 8 nitrogen and oxygen atoms in total. The lowest BCUT2D eigenvalue weighted by Crippen LogP contribution is -2.16. The number of hydrogen-bond acceptors (Lipinski definition) is 6. The number of carbonyl (C=O) groups is 2. The van der Waals surface area contributed by atoms with Gasteiger partial charge in [-0.25, -0.2) is 4.98 Å². The number of rotatable bonds is 7. The first kappa shape index (κ1) is 26.9. The number of amides is 2. The smallest absolute Gasteiger partial charge is 0.321 e. The van der Waals surface area contributed by atoms with Crippen LogP contribution in [0.2, 0.25) is 0 Å². The van der Waals surface area contributed by atoms with Crippen molar-refractivity contribution < 1.29 is 22.8 Å². The summed E-state index contributed by atoms with van der Waals surface area (Å²) >= 11 is 0. The van der Waals surface area contributed by atoms with Crippen LogP contribution in [0.3, 0.4) is 0 Å². The lowest BCUT2D eigenvalue weighted by molar-refractivity contribution is -0.138. The van der Waals surface area contributed by atoms with Crippen molar-refractivity contribution in [3.8, 4) is 22.4 Å². The van der Waals surface area contributed by atoms with Crippen LogP contribution >= 0.6 is 0 Å². The van der Waals surface area contributed by atoms with Crippen LogP contribution in [0.15, 0.2) is 67.1 Å². The van der Waals surface area contributed by atoms with Gasteiger partial charge in [-0.2, -0.15) is 18.3 Å². The summed E-state index contributed by atoms with van der Waals surface area (Å²) in [4.78, 5) is 33.8. The predicted octanol–water partition coefficient (Wildman–Crippen LogP) is 6.31. The van der Waals surface area contributed by atoms with Gasteiger partial charge in [-0.3, -0.25) is 14.6 Å². The lowest BCUT2D eigenvalue weighted by Gasteiger charge is -2.12. The number of hydrogen-bond donors (Lipinski definition) is 2. The molecule has 2 amide bonds. The molecule has 0 bridgehead atoms. The van der Waals surface area contributed by atoms with Gasteiger partial charge in [-0.05, 0) is 84.3 Å². The third-order valence-corrected chi connectivity index (χ3v) is 6.79. The fourth-order valence-electron chi connectivity index (χ4n) is 4.22. The minimum Gasteiger partial charge on any atom is -0.321 e. The van der Waals surface area contributed by atoms with E-state index in [1.807, 2.05) is 19.1 Å². The maximum absolute atomic E-state index is 13.0. The Morgan fingerprint density at radius 1 is 0.950 bits per heavy atom. The highest BCUT2D eigenvalue weighted by Crippen LogP contribution is 2.48. The lowest BCUT2D eigenvalue weighted by atomic mass is 9.99. The van der Waals surface area contributed by atoms with E-state index in [2.05, 4.69) is 37.7 Å². The van der Waals surface area contributed by atoms with Crippen LogP contribution in [0.4, 0.5) is 24.7 Å². The number of nitrogens with zero attached hydrogens (tertiary/aromatic N) is 4. The summed E-state index contributed by atoms with van der Waals surface area (Å²) in [6, 6.07) is 13.1. The van der Waals surface area contributed by atoms with Gasteiger partial charge in [0.05, 0.1) is 17.5 Å². The molecule has 3 heterocycles. The fraction of sp³-hybridized carbons (Fsp3) is 0.241. The van der Waals surface area contributed by atoms with E-state index < -0.39 is 23.3 Å². The molecule has 2 N–H and O–H groups in total. The molecule has 1 fully saturated rings. The van der Waals surface area contributed by atoms with Gasteiger partial charge < -0.3 is 10.6 Å². The van der Waals surface area contributed by atoms with Gasteiger partial charge in [0, 0.05) is 30.1 Å². The number of pyridine rings is 2. The first-order valence-electron chi connectivity index (χ1n) is 12.5. The maximum Gasteiger partial charge on any atom is 0.418 e. The molecular formula is C29H25F3N6O2. The largest absolute Gasteiger partial charge is 0.418 e. The van der Waals surface area contributed by atoms with Gasteiger partial charge in [0.25, 0.3) is 5.91 Å². The Hall–Kier alpha value is -4.67. The maximum atomic E-state index is 13.0. The minimum absolute atomic E-state index is 0.0723. The zero-order chi connectivity index (χ0) is 28.5. The van der Waals surface area contributed by atoms with E-state index in [0.717, 1.165) is 35.1 Å². The number of aryl methyl sites for hydroxylation is 1. The first-order chi connectivity index (χ1) is 19.0. The number of halogens is 3. The second kappa shape index (κ2) is 10.5. The van der Waals surface area contributed by atoms with Crippen molar-refractivity contribution in [2.24, 2.45) is 5.41 Å². The molecule has 3 aromatic heterocycles. The second-order valence-corrected chi connectivity index (χ2v) is 10.2. The molecule has 1 aliphatic rings. The molecule has 4 aromatic rings. The number of benzene rings is 1. The highest BCUT2D eigenvalue weighted by Gasteiger charge is 2.39. The predicted molar refractivity (Wildman–Crippen MR) is 143 cm³/mol. The molecule has 204 valence electrons. The molecule has 0 aliphatic heterocycles. The number of carbonyl (C=O) groups excluding carboxylic acids is 2. The summed E-state index contributed by atoms with van der Waals surface area (Å²) in [5, 5.41) is 12.3. The molecule has 11 heteroatoms. The number of alkyl halides is 3. The minimum atomic E-state index is -4.64. The van der Waals surface area contributed by atoms with E-state index in [9.17, 15) is 22.8 Å². The average molecular weight is 547 g/mol. The van der Waals surface area contributed by atoms with Gasteiger partial charge in [0.2, 0.25) is 5.91 Å². The molecule has 5 rings (SSSR count). The third-order valence-electron chi connectivity index (χ3n) is 6.79. The summed E-state index contributed by atoms with van der Waals surface area (Å²) < 4.78 is 39.0. The second-order valence-electron chi connectivity index (χ2n) is 10.2. The van der Waals surface area contributed by atoms with E-state index in [4.69, 9.17) is 0 Å². The zero-order valence-electron chi connectivity index (χ0n) is 21.7. The standard InChI is InChI=1S/C29H25F3N6O2/c1-17-3-4-21(36-27(40)24-13-20(16-35-38-24)29(30,31)32)14-22(17)18-5-9-33-23(11-18)19-6-10-34-25(12-19)37-26(39)15-28(2)7-8-28/h3-6,9-14,16H,7-8,15H2,1-2H3,(H,36,40)(H,34,37,39). The van der Waals surface area contributed by atoms with Gasteiger partial charge in [0.1, 0.15) is 5.82 Å². The van der Waals surface area contributed by atoms with Gasteiger partial charge in [-0.1, -0.05) is 13.0 Å². The van der Waals surface area contributed by atoms with E-state index in [1.54, 1.807) is 42.7 Å². The van der Waals surface area contributed by atoms with E-state index in [0.29, 0.717) is 35.9 Å². The molecule has 0 unspecified atom stereocenters. The SMILES string of the molecule is Cc1ccc(NC(=O)c2cc(C(F)(F)F)cnn2)cc1-c1ccnc(-c2ccnc(NC(=O)CC3(C)CC3)c2)c1. The van der Waals surface area contributed by atoms with E-state index in [-0.39, 0.29) is 11.3 Å². The quantitative estimate of drug-likeness (QED) is 0.281. The molecule has 0 radical (unpaired) electrons. The summed E-state index contributed by atoms with van der Waals surface area (Å²) in [6.07, 6.45) is 1.74. The Bertz CT molecular complexity index is 1600. The van der Waals surface area contributed by atoms with Crippen molar-refractivity contribution in [3.05, 3.63) is 83.9 Å². The Labute approximate surface area is 228 Å². The normalized spacial score (nSPS) is 13.9. The van der Waals surface area contributed by atoms with Crippen LogP contribution in [0.1, 0.15) is 47.8 Å². The third kappa shape index (κ3) is 6.31. The molecule has 1 aliphatic carbocycles. The van der Waals surface area contributed by atoms with E-state index in [1.165, 1.54) is 0 Å². The number of nitrogens with one attached hydrogen (secondary N) is 2. The first-order valence-corrected chi connectivity index (χ1v) is 12.5. The Morgan fingerprint density at radius 2 is 1.70 bits per heavy atom. The van der Waals surface area contributed by atoms with Crippen LogP contribution in [-0.2, 0) is 11.0 Å². The summed E-state index contributed by atoms with van der Waals surface area (Å²) in [6.45, 7) is 3.99. The van der Waals surface area contributed by atoms with Crippen molar-refractivity contribution in [1.82, 2.24) is 20.2 Å². The molecule has 0 spiro atoms. The van der Waals surface area contributed by atoms with Crippen LogP contribution in [-0.4, -0.2) is 32.0 Å². The fourth-order valence-corrected chi connectivity index (χ4v) is 4.22. The summed E-state index contributed by atoms with van der Waals surface area (Å²) in [5.41, 5.74) is 2.87. The average Bonchev–Trinajstić information content (AvgIpc) is 3.65. The van der Waals surface area contributed by atoms with Gasteiger partial charge in [0.15, 0.2) is 5.69 Å². The molecule has 1 aromatic carbocycles. The Morgan fingerprint density at radius 3 is 2.45 bits per heavy atom. The van der Waals surface area contributed by atoms with Crippen molar-refractivity contribution in [3.63, 3.8) is 0 Å². The van der Waals surface area contributed by atoms with Gasteiger partial charge >= 0.3 is 6.18 Å². The molecular weight excluding hydrogens is 521 g/mol. The molecule has 40 heavy (non-hydrogen) atoms. The van der Waals surface area contributed by atoms with Crippen molar-refractivity contribution in [1.29, 1.82) is 0 Å². The number of aromatic nitrogens is 4. The van der Waals surface area contributed by atoms with Crippen molar-refractivity contribution in [2.75, 3.05) is 10.6 Å². The molecule has 1 saturated carbocycles. The Balaban J connectivity index is 1.36. The van der Waals surface area contributed by atoms with Crippen LogP contribution < -0.4 is 10.6 Å². The summed E-state index contributed by atoms with van der Waals surface area (Å²) in [5.74, 6) is -0.444. The number of anilines is 2. The summed E-state index contributed by atoms with van der Waals surface area (Å²) in [7, 11) is 0. The molecule has 0 atom stereocenters. The van der Waals surface area contributed by atoms with Crippen LogP contribution in [0.5, 0.6) is 0 Å². The van der Waals surface area contributed by atoms with Crippen molar-refractivity contribution >= 4 is 23.3 Å². The van der Waals surface area contributed by atoms with Gasteiger partial charge in [-0.15, -0.1) is 5.10 Å².